The molecule has 0 spiro atoms. The summed E-state index contributed by atoms with van der Waals surface area (Å²) >= 11 is 7.18. The van der Waals surface area contributed by atoms with Gasteiger partial charge in [0, 0.05) is 28.4 Å². The van der Waals surface area contributed by atoms with Crippen LogP contribution in [-0.2, 0) is 6.42 Å². The number of thiophene rings is 1. The number of aromatic nitrogens is 1. The monoisotopic (exact) mass is 344 g/mol. The summed E-state index contributed by atoms with van der Waals surface area (Å²) in [6.07, 6.45) is 4.16. The third-order valence-corrected chi connectivity index (χ3v) is 5.80. The van der Waals surface area contributed by atoms with Crippen LogP contribution in [0.3, 0.4) is 0 Å². The van der Waals surface area contributed by atoms with Gasteiger partial charge in [-0.05, 0) is 47.4 Å². The lowest BCUT2D eigenvalue weighted by molar-refractivity contribution is 0.539. The van der Waals surface area contributed by atoms with Crippen molar-refractivity contribution < 1.29 is 0 Å². The third kappa shape index (κ3) is 3.63. The van der Waals surface area contributed by atoms with Crippen molar-refractivity contribution in [1.29, 1.82) is 0 Å². The number of nitrogens with one attached hydrogen (secondary N) is 1. The van der Waals surface area contributed by atoms with Crippen molar-refractivity contribution in [2.75, 3.05) is 6.54 Å². The number of rotatable bonds is 6. The van der Waals surface area contributed by atoms with Crippen molar-refractivity contribution in [3.05, 3.63) is 36.9 Å². The van der Waals surface area contributed by atoms with Crippen LogP contribution in [-0.4, -0.2) is 11.5 Å². The minimum atomic E-state index is 0.403. The van der Waals surface area contributed by atoms with E-state index in [2.05, 4.69) is 46.1 Å². The molecule has 0 saturated heterocycles. The summed E-state index contributed by atoms with van der Waals surface area (Å²) in [7, 11) is 0. The predicted molar refractivity (Wildman–Crippen MR) is 83.6 cm³/mol. The fourth-order valence-electron chi connectivity index (χ4n) is 1.79. The Morgan fingerprint density at radius 3 is 2.89 bits per heavy atom. The van der Waals surface area contributed by atoms with Gasteiger partial charge < -0.3 is 5.32 Å². The molecule has 1 unspecified atom stereocenters. The number of thiazole rings is 1. The third-order valence-electron chi connectivity index (χ3n) is 2.75. The first kappa shape index (κ1) is 14.2. The molecule has 0 amide bonds. The predicted octanol–water partition coefficient (Wildman–Crippen LogP) is 4.56. The lowest BCUT2D eigenvalue weighted by Crippen LogP contribution is -2.23. The standard InChI is InChI=1S/C13H17BrN2S2/c1-3-4-16-11(6-10-7-15-8-17-10)12-5-9(2)13(14)18-12/h5,7-8,11,16H,3-4,6H2,1-2H3. The number of hydrogen-bond donors (Lipinski definition) is 1. The van der Waals surface area contributed by atoms with Crippen LogP contribution in [0.2, 0.25) is 0 Å². The molecule has 2 heterocycles. The molecular formula is C13H17BrN2S2. The second-order valence-corrected chi connectivity index (χ2v) is 7.66. The van der Waals surface area contributed by atoms with E-state index in [0.717, 1.165) is 19.4 Å². The van der Waals surface area contributed by atoms with Gasteiger partial charge in [-0.1, -0.05) is 6.92 Å². The zero-order valence-corrected chi connectivity index (χ0v) is 13.8. The summed E-state index contributed by atoms with van der Waals surface area (Å²) in [6, 6.07) is 2.68. The number of halogens is 1. The Balaban J connectivity index is 2.13. The Morgan fingerprint density at radius 1 is 1.50 bits per heavy atom. The largest absolute Gasteiger partial charge is 0.309 e. The molecule has 2 rings (SSSR count). The normalized spacial score (nSPS) is 12.8. The highest BCUT2D eigenvalue weighted by Crippen LogP contribution is 2.33. The van der Waals surface area contributed by atoms with Gasteiger partial charge >= 0.3 is 0 Å². The van der Waals surface area contributed by atoms with Crippen LogP contribution in [0.4, 0.5) is 0 Å². The van der Waals surface area contributed by atoms with E-state index >= 15 is 0 Å². The fourth-order valence-corrected chi connectivity index (χ4v) is 4.08. The Morgan fingerprint density at radius 2 is 2.33 bits per heavy atom. The van der Waals surface area contributed by atoms with Gasteiger partial charge in [0.2, 0.25) is 0 Å². The van der Waals surface area contributed by atoms with Gasteiger partial charge in [-0.2, -0.15) is 0 Å². The number of aryl methyl sites for hydroxylation is 1. The quantitative estimate of drug-likeness (QED) is 0.830. The van der Waals surface area contributed by atoms with E-state index in [0.29, 0.717) is 6.04 Å². The highest BCUT2D eigenvalue weighted by atomic mass is 79.9. The molecule has 2 aromatic rings. The maximum absolute atomic E-state index is 4.16. The number of hydrogen-bond acceptors (Lipinski definition) is 4. The molecule has 0 aliphatic rings. The maximum Gasteiger partial charge on any atom is 0.0794 e. The highest BCUT2D eigenvalue weighted by Gasteiger charge is 2.16. The molecule has 98 valence electrons. The molecule has 2 aromatic heterocycles. The van der Waals surface area contributed by atoms with Crippen molar-refractivity contribution in [2.45, 2.75) is 32.7 Å². The van der Waals surface area contributed by atoms with Crippen molar-refractivity contribution in [1.82, 2.24) is 10.3 Å². The zero-order valence-electron chi connectivity index (χ0n) is 10.6. The molecule has 0 radical (unpaired) electrons. The minimum absolute atomic E-state index is 0.403. The highest BCUT2D eigenvalue weighted by molar-refractivity contribution is 9.11. The van der Waals surface area contributed by atoms with Crippen LogP contribution in [0.15, 0.2) is 21.6 Å². The molecule has 0 aromatic carbocycles. The van der Waals surface area contributed by atoms with Gasteiger partial charge in [0.25, 0.3) is 0 Å². The Kier molecular flexibility index (Phi) is 5.36. The van der Waals surface area contributed by atoms with E-state index < -0.39 is 0 Å². The zero-order chi connectivity index (χ0) is 13.0. The van der Waals surface area contributed by atoms with E-state index in [4.69, 9.17) is 0 Å². The van der Waals surface area contributed by atoms with Crippen LogP contribution in [0.1, 0.15) is 34.7 Å². The molecule has 1 atom stereocenters. The molecule has 0 saturated carbocycles. The van der Waals surface area contributed by atoms with Crippen molar-refractivity contribution in [2.24, 2.45) is 0 Å². The SMILES string of the molecule is CCCNC(Cc1cncs1)c1cc(C)c(Br)s1. The van der Waals surface area contributed by atoms with Crippen LogP contribution < -0.4 is 5.32 Å². The lowest BCUT2D eigenvalue weighted by atomic mass is 10.1. The Bertz CT molecular complexity index is 460. The van der Waals surface area contributed by atoms with Gasteiger partial charge in [0.1, 0.15) is 0 Å². The van der Waals surface area contributed by atoms with E-state index in [1.54, 1.807) is 11.3 Å². The van der Waals surface area contributed by atoms with Crippen LogP contribution in [0, 0.1) is 6.92 Å². The topological polar surface area (TPSA) is 24.9 Å². The van der Waals surface area contributed by atoms with Crippen molar-refractivity contribution in [3.63, 3.8) is 0 Å². The molecule has 18 heavy (non-hydrogen) atoms. The fraction of sp³-hybridized carbons (Fsp3) is 0.462. The molecule has 1 N–H and O–H groups in total. The Hall–Kier alpha value is -0.230. The lowest BCUT2D eigenvalue weighted by Gasteiger charge is -2.16. The first-order chi connectivity index (χ1) is 8.70. The van der Waals surface area contributed by atoms with Crippen LogP contribution >= 0.6 is 38.6 Å². The van der Waals surface area contributed by atoms with Gasteiger partial charge in [0.05, 0.1) is 9.30 Å². The van der Waals surface area contributed by atoms with E-state index in [1.807, 2.05) is 23.0 Å². The molecule has 0 fully saturated rings. The van der Waals surface area contributed by atoms with Gasteiger partial charge in [0.15, 0.2) is 0 Å². The molecule has 5 heteroatoms. The van der Waals surface area contributed by atoms with Crippen molar-refractivity contribution >= 4 is 38.6 Å². The summed E-state index contributed by atoms with van der Waals surface area (Å²) in [5.41, 5.74) is 3.23. The van der Waals surface area contributed by atoms with E-state index in [1.165, 1.54) is 19.1 Å². The second-order valence-electron chi connectivity index (χ2n) is 4.28. The van der Waals surface area contributed by atoms with Crippen LogP contribution in [0.25, 0.3) is 0 Å². The Labute approximate surface area is 125 Å². The average Bonchev–Trinajstić information content (AvgIpc) is 2.96. The minimum Gasteiger partial charge on any atom is -0.309 e. The van der Waals surface area contributed by atoms with Gasteiger partial charge in [-0.25, -0.2) is 0 Å². The van der Waals surface area contributed by atoms with Crippen molar-refractivity contribution in [3.8, 4) is 0 Å². The first-order valence-corrected chi connectivity index (χ1v) is 8.56. The maximum atomic E-state index is 4.16. The smallest absolute Gasteiger partial charge is 0.0794 e. The summed E-state index contributed by atoms with van der Waals surface area (Å²) < 4.78 is 1.24. The first-order valence-electron chi connectivity index (χ1n) is 6.07. The summed E-state index contributed by atoms with van der Waals surface area (Å²) in [6.45, 7) is 5.40. The molecular weight excluding hydrogens is 328 g/mol. The van der Waals surface area contributed by atoms with E-state index in [-0.39, 0.29) is 0 Å². The second kappa shape index (κ2) is 6.80. The number of nitrogens with zero attached hydrogens (tertiary/aromatic N) is 1. The molecule has 0 aliphatic heterocycles. The van der Waals surface area contributed by atoms with Gasteiger partial charge in [-0.15, -0.1) is 22.7 Å². The van der Waals surface area contributed by atoms with Crippen LogP contribution in [0.5, 0.6) is 0 Å². The molecule has 0 bridgehead atoms. The average molecular weight is 345 g/mol. The molecule has 2 nitrogen and oxygen atoms in total. The summed E-state index contributed by atoms with van der Waals surface area (Å²) in [5.74, 6) is 0. The summed E-state index contributed by atoms with van der Waals surface area (Å²) in [4.78, 5) is 6.90. The van der Waals surface area contributed by atoms with E-state index in [9.17, 15) is 0 Å². The summed E-state index contributed by atoms with van der Waals surface area (Å²) in [5, 5.41) is 3.63. The van der Waals surface area contributed by atoms with Gasteiger partial charge in [-0.3, -0.25) is 4.98 Å². The molecule has 0 aliphatic carbocycles.